The van der Waals surface area contributed by atoms with Crippen molar-refractivity contribution in [2.24, 2.45) is 11.8 Å². The average molecular weight is 313 g/mol. The Morgan fingerprint density at radius 2 is 2.17 bits per heavy atom. The first-order chi connectivity index (χ1) is 11.1. The average Bonchev–Trinajstić information content (AvgIpc) is 3.03. The monoisotopic (exact) mass is 313 g/mol. The third-order valence-electron chi connectivity index (χ3n) is 5.10. The van der Waals surface area contributed by atoms with E-state index >= 15 is 0 Å². The van der Waals surface area contributed by atoms with Crippen molar-refractivity contribution in [3.63, 3.8) is 0 Å². The van der Waals surface area contributed by atoms with Gasteiger partial charge in [0.05, 0.1) is 0 Å². The van der Waals surface area contributed by atoms with Crippen molar-refractivity contribution in [2.45, 2.75) is 38.5 Å². The summed E-state index contributed by atoms with van der Waals surface area (Å²) in [6.07, 6.45) is 4.35. The maximum atomic E-state index is 12.6. The molecule has 2 aromatic heterocycles. The van der Waals surface area contributed by atoms with E-state index in [9.17, 15) is 4.79 Å². The number of amides is 1. The molecule has 2 N–H and O–H groups in total. The molecule has 2 fully saturated rings. The van der Waals surface area contributed by atoms with Gasteiger partial charge in [0, 0.05) is 31.1 Å². The Morgan fingerprint density at radius 3 is 2.78 bits per heavy atom. The van der Waals surface area contributed by atoms with Crippen LogP contribution in [0.4, 0.5) is 0 Å². The van der Waals surface area contributed by atoms with Crippen LogP contribution in [0.5, 0.6) is 0 Å². The molecule has 3 heterocycles. The lowest BCUT2D eigenvalue weighted by atomic mass is 9.91. The molecule has 0 bridgehead atoms. The standard InChI is InChI=1S/C17H23N5O/c1-10(2)15-19-16(21-20-15)13-9-22(8-12(13)11-5-6-11)17(23)14-4-3-7-18-14/h3-4,7,10-13,18H,5-6,8-9H2,1-2H3,(H,19,20,21)/t12-,13+/m1/s1. The first-order valence-corrected chi connectivity index (χ1v) is 8.48. The highest BCUT2D eigenvalue weighted by Gasteiger charge is 2.45. The minimum atomic E-state index is 0.0896. The Kier molecular flexibility index (Phi) is 3.47. The normalized spacial score (nSPS) is 24.6. The molecule has 1 amide bonds. The summed E-state index contributed by atoms with van der Waals surface area (Å²) < 4.78 is 0. The minimum absolute atomic E-state index is 0.0896. The second kappa shape index (κ2) is 5.51. The topological polar surface area (TPSA) is 77.7 Å². The molecule has 2 atom stereocenters. The lowest BCUT2D eigenvalue weighted by Gasteiger charge is -2.15. The van der Waals surface area contributed by atoms with Crippen molar-refractivity contribution in [1.29, 1.82) is 0 Å². The Bertz CT molecular complexity index is 686. The van der Waals surface area contributed by atoms with Crippen molar-refractivity contribution < 1.29 is 4.79 Å². The molecule has 1 saturated carbocycles. The number of likely N-dealkylation sites (tertiary alicyclic amines) is 1. The van der Waals surface area contributed by atoms with Crippen LogP contribution in [0.1, 0.15) is 60.7 Å². The molecule has 6 nitrogen and oxygen atoms in total. The smallest absolute Gasteiger partial charge is 0.270 e. The molecule has 6 heteroatoms. The second-order valence-electron chi connectivity index (χ2n) is 7.14. The van der Waals surface area contributed by atoms with Gasteiger partial charge >= 0.3 is 0 Å². The van der Waals surface area contributed by atoms with Crippen molar-refractivity contribution in [3.8, 4) is 0 Å². The Morgan fingerprint density at radius 1 is 1.35 bits per heavy atom. The van der Waals surface area contributed by atoms with E-state index in [0.717, 1.165) is 30.7 Å². The molecule has 1 saturated heterocycles. The van der Waals surface area contributed by atoms with Gasteiger partial charge in [0.15, 0.2) is 5.82 Å². The zero-order valence-corrected chi connectivity index (χ0v) is 13.6. The summed E-state index contributed by atoms with van der Waals surface area (Å²) in [5.74, 6) is 3.73. The summed E-state index contributed by atoms with van der Waals surface area (Å²) in [6.45, 7) is 5.75. The molecule has 2 aromatic rings. The molecule has 0 unspecified atom stereocenters. The number of nitrogens with zero attached hydrogens (tertiary/aromatic N) is 3. The third-order valence-corrected chi connectivity index (χ3v) is 5.10. The van der Waals surface area contributed by atoms with E-state index in [4.69, 9.17) is 4.98 Å². The van der Waals surface area contributed by atoms with Crippen LogP contribution in [-0.4, -0.2) is 44.1 Å². The van der Waals surface area contributed by atoms with Gasteiger partial charge in [0.25, 0.3) is 5.91 Å². The number of carbonyl (C=O) groups excluding carboxylic acids is 1. The maximum absolute atomic E-state index is 12.6. The van der Waals surface area contributed by atoms with Gasteiger partial charge in [-0.25, -0.2) is 4.98 Å². The molecule has 0 radical (unpaired) electrons. The zero-order valence-electron chi connectivity index (χ0n) is 13.6. The molecule has 1 aliphatic carbocycles. The summed E-state index contributed by atoms with van der Waals surface area (Å²) in [6, 6.07) is 3.71. The predicted molar refractivity (Wildman–Crippen MR) is 86.1 cm³/mol. The van der Waals surface area contributed by atoms with Gasteiger partial charge in [-0.3, -0.25) is 9.89 Å². The zero-order chi connectivity index (χ0) is 16.0. The number of aromatic nitrogens is 4. The van der Waals surface area contributed by atoms with Crippen molar-refractivity contribution >= 4 is 5.91 Å². The molecule has 0 spiro atoms. The van der Waals surface area contributed by atoms with Crippen LogP contribution in [-0.2, 0) is 0 Å². The van der Waals surface area contributed by atoms with Gasteiger partial charge in [-0.1, -0.05) is 13.8 Å². The highest BCUT2D eigenvalue weighted by molar-refractivity contribution is 5.92. The molecule has 0 aromatic carbocycles. The van der Waals surface area contributed by atoms with Crippen molar-refractivity contribution in [1.82, 2.24) is 25.1 Å². The van der Waals surface area contributed by atoms with E-state index in [2.05, 4.69) is 29.0 Å². The molecule has 2 aliphatic rings. The predicted octanol–water partition coefficient (Wildman–Crippen LogP) is 2.52. The van der Waals surface area contributed by atoms with E-state index in [0.29, 0.717) is 17.5 Å². The van der Waals surface area contributed by atoms with Crippen LogP contribution in [0.25, 0.3) is 0 Å². The number of nitrogens with one attached hydrogen (secondary N) is 2. The van der Waals surface area contributed by atoms with Gasteiger partial charge in [0.1, 0.15) is 11.5 Å². The van der Waals surface area contributed by atoms with Crippen LogP contribution in [0.15, 0.2) is 18.3 Å². The Hall–Kier alpha value is -2.11. The highest BCUT2D eigenvalue weighted by atomic mass is 16.2. The number of hydrogen-bond acceptors (Lipinski definition) is 3. The molecule has 1 aliphatic heterocycles. The first kappa shape index (κ1) is 14.5. The molecule has 4 rings (SSSR count). The van der Waals surface area contributed by atoms with Crippen LogP contribution in [0.3, 0.4) is 0 Å². The van der Waals surface area contributed by atoms with Crippen LogP contribution < -0.4 is 0 Å². The summed E-state index contributed by atoms with van der Waals surface area (Å²) in [5, 5.41) is 7.48. The fourth-order valence-corrected chi connectivity index (χ4v) is 3.63. The second-order valence-corrected chi connectivity index (χ2v) is 7.14. The van der Waals surface area contributed by atoms with Gasteiger partial charge in [0.2, 0.25) is 0 Å². The Balaban J connectivity index is 1.56. The molecular weight excluding hydrogens is 290 g/mol. The first-order valence-electron chi connectivity index (χ1n) is 8.48. The fraction of sp³-hybridized carbons (Fsp3) is 0.588. The lowest BCUT2D eigenvalue weighted by molar-refractivity contribution is 0.0779. The number of carbonyl (C=O) groups is 1. The number of hydrogen-bond donors (Lipinski definition) is 2. The fourth-order valence-electron chi connectivity index (χ4n) is 3.63. The van der Waals surface area contributed by atoms with Crippen LogP contribution in [0, 0.1) is 11.8 Å². The molecule has 122 valence electrons. The molecule has 23 heavy (non-hydrogen) atoms. The largest absolute Gasteiger partial charge is 0.357 e. The van der Waals surface area contributed by atoms with Gasteiger partial charge in [-0.2, -0.15) is 5.10 Å². The van der Waals surface area contributed by atoms with Crippen molar-refractivity contribution in [2.75, 3.05) is 13.1 Å². The van der Waals surface area contributed by atoms with E-state index in [1.165, 1.54) is 12.8 Å². The van der Waals surface area contributed by atoms with Crippen molar-refractivity contribution in [3.05, 3.63) is 35.7 Å². The molecular formula is C17H23N5O. The quantitative estimate of drug-likeness (QED) is 0.910. The highest BCUT2D eigenvalue weighted by Crippen LogP contribution is 2.47. The van der Waals surface area contributed by atoms with Gasteiger partial charge in [-0.05, 0) is 36.8 Å². The van der Waals surface area contributed by atoms with E-state index in [-0.39, 0.29) is 11.8 Å². The lowest BCUT2D eigenvalue weighted by Crippen LogP contribution is -2.29. The van der Waals surface area contributed by atoms with Gasteiger partial charge < -0.3 is 9.88 Å². The van der Waals surface area contributed by atoms with Crippen LogP contribution >= 0.6 is 0 Å². The van der Waals surface area contributed by atoms with E-state index in [1.54, 1.807) is 6.20 Å². The summed E-state index contributed by atoms with van der Waals surface area (Å²) in [7, 11) is 0. The third kappa shape index (κ3) is 2.66. The minimum Gasteiger partial charge on any atom is -0.357 e. The number of aromatic amines is 2. The van der Waals surface area contributed by atoms with E-state index < -0.39 is 0 Å². The SMILES string of the molecule is CC(C)c1n[nH]c([C@H]2CN(C(=O)c3ccc[nH]3)C[C@@H]2C2CC2)n1. The van der Waals surface area contributed by atoms with Gasteiger partial charge in [-0.15, -0.1) is 0 Å². The number of H-pyrrole nitrogens is 2. The summed E-state index contributed by atoms with van der Waals surface area (Å²) in [5.41, 5.74) is 0.667. The Labute approximate surface area is 135 Å². The van der Waals surface area contributed by atoms with Crippen LogP contribution in [0.2, 0.25) is 0 Å². The summed E-state index contributed by atoms with van der Waals surface area (Å²) in [4.78, 5) is 22.3. The number of rotatable bonds is 4. The summed E-state index contributed by atoms with van der Waals surface area (Å²) >= 11 is 0. The van der Waals surface area contributed by atoms with E-state index in [1.807, 2.05) is 17.0 Å². The maximum Gasteiger partial charge on any atom is 0.270 e.